The van der Waals surface area contributed by atoms with Crippen LogP contribution in [0, 0.1) is 0 Å². The van der Waals surface area contributed by atoms with Gasteiger partial charge in [0.2, 0.25) is 0 Å². The van der Waals surface area contributed by atoms with Gasteiger partial charge in [0.15, 0.2) is 5.67 Å². The van der Waals surface area contributed by atoms with E-state index in [0.717, 1.165) is 11.1 Å². The maximum Gasteiger partial charge on any atom is 0.180 e. The highest BCUT2D eigenvalue weighted by atomic mass is 19.1. The van der Waals surface area contributed by atoms with Gasteiger partial charge in [0.1, 0.15) is 0 Å². The van der Waals surface area contributed by atoms with Crippen LogP contribution in [0.2, 0.25) is 0 Å². The van der Waals surface area contributed by atoms with Crippen molar-refractivity contribution in [3.8, 4) is 0 Å². The van der Waals surface area contributed by atoms with E-state index in [1.807, 2.05) is 60.7 Å². The van der Waals surface area contributed by atoms with E-state index in [0.29, 0.717) is 31.6 Å². The summed E-state index contributed by atoms with van der Waals surface area (Å²) in [5, 5.41) is 0. The molecule has 2 aromatic carbocycles. The molecule has 3 rings (SSSR count). The largest absolute Gasteiger partial charge is 0.373 e. The monoisotopic (exact) mass is 326 g/mol. The predicted octanol–water partition coefficient (Wildman–Crippen LogP) is 4.85. The van der Waals surface area contributed by atoms with Crippen molar-refractivity contribution in [2.24, 2.45) is 0 Å². The predicted molar refractivity (Wildman–Crippen MR) is 93.3 cm³/mol. The molecule has 0 radical (unpaired) electrons. The lowest BCUT2D eigenvalue weighted by Gasteiger charge is -2.28. The van der Waals surface area contributed by atoms with Crippen molar-refractivity contribution >= 4 is 0 Å². The summed E-state index contributed by atoms with van der Waals surface area (Å²) >= 11 is 0. The minimum absolute atomic E-state index is 0.0137. The number of hydrogen-bond acceptors (Lipinski definition) is 2. The Morgan fingerprint density at radius 2 is 1.54 bits per heavy atom. The first-order valence-corrected chi connectivity index (χ1v) is 8.33. The van der Waals surface area contributed by atoms with E-state index in [4.69, 9.17) is 9.47 Å². The van der Waals surface area contributed by atoms with Crippen LogP contribution in [0.1, 0.15) is 24.0 Å². The Morgan fingerprint density at radius 1 is 0.958 bits per heavy atom. The highest BCUT2D eigenvalue weighted by molar-refractivity contribution is 5.23. The lowest BCUT2D eigenvalue weighted by Crippen LogP contribution is -2.40. The van der Waals surface area contributed by atoms with Gasteiger partial charge >= 0.3 is 0 Å². The molecule has 0 heterocycles. The first kappa shape index (κ1) is 16.9. The van der Waals surface area contributed by atoms with Crippen molar-refractivity contribution in [1.29, 1.82) is 0 Å². The van der Waals surface area contributed by atoms with Crippen LogP contribution in [0.15, 0.2) is 72.8 Å². The van der Waals surface area contributed by atoms with E-state index in [-0.39, 0.29) is 6.61 Å². The van der Waals surface area contributed by atoms with Gasteiger partial charge in [-0.25, -0.2) is 4.39 Å². The highest BCUT2D eigenvalue weighted by Crippen LogP contribution is 2.40. The van der Waals surface area contributed by atoms with Crippen molar-refractivity contribution < 1.29 is 13.9 Å². The molecule has 0 bridgehead atoms. The summed E-state index contributed by atoms with van der Waals surface area (Å²) in [6.07, 6.45) is 0.794. The topological polar surface area (TPSA) is 18.5 Å². The number of ether oxygens (including phenoxy) is 2. The van der Waals surface area contributed by atoms with E-state index in [2.05, 4.69) is 6.58 Å². The van der Waals surface area contributed by atoms with Gasteiger partial charge < -0.3 is 9.47 Å². The molecule has 3 heteroatoms. The van der Waals surface area contributed by atoms with Crippen LogP contribution in [-0.4, -0.2) is 18.4 Å². The number of halogens is 1. The van der Waals surface area contributed by atoms with Crippen LogP contribution in [0.5, 0.6) is 0 Å². The molecule has 0 spiro atoms. The number of rotatable bonds is 7. The molecular formula is C21H23FO2. The molecule has 0 aromatic heterocycles. The summed E-state index contributed by atoms with van der Waals surface area (Å²) in [7, 11) is 0. The molecule has 1 fully saturated rings. The number of hydrogen-bond donors (Lipinski definition) is 0. The Morgan fingerprint density at radius 3 is 2.17 bits per heavy atom. The summed E-state index contributed by atoms with van der Waals surface area (Å²) in [5.41, 5.74) is 1.05. The van der Waals surface area contributed by atoms with Crippen molar-refractivity contribution in [1.82, 2.24) is 0 Å². The molecule has 126 valence electrons. The average molecular weight is 326 g/mol. The summed E-state index contributed by atoms with van der Waals surface area (Å²) in [6.45, 7) is 4.69. The van der Waals surface area contributed by atoms with Gasteiger partial charge in [-0.3, -0.25) is 0 Å². The smallest absolute Gasteiger partial charge is 0.180 e. The summed E-state index contributed by atoms with van der Waals surface area (Å²) in [5.74, 6) is 0. The van der Waals surface area contributed by atoms with Crippen LogP contribution in [-0.2, 0) is 22.7 Å². The summed E-state index contributed by atoms with van der Waals surface area (Å²) in [4.78, 5) is 0. The second-order valence-electron chi connectivity index (χ2n) is 6.27. The fraction of sp³-hybridized carbons (Fsp3) is 0.333. The Labute approximate surface area is 142 Å². The van der Waals surface area contributed by atoms with Crippen molar-refractivity contribution in [2.75, 3.05) is 6.61 Å². The van der Waals surface area contributed by atoms with Crippen LogP contribution < -0.4 is 0 Å². The van der Waals surface area contributed by atoms with Gasteiger partial charge in [-0.2, -0.15) is 0 Å². The summed E-state index contributed by atoms with van der Waals surface area (Å²) < 4.78 is 26.9. The molecule has 1 aliphatic carbocycles. The van der Waals surface area contributed by atoms with Gasteiger partial charge in [0.05, 0.1) is 25.9 Å². The fourth-order valence-electron chi connectivity index (χ4n) is 3.04. The molecule has 2 nitrogen and oxygen atoms in total. The standard InChI is InChI=1S/C21H23FO2/c1-17-12-13-20(24-15-19-10-6-3-7-11-19)21(17,22)16-23-14-18-8-4-2-5-9-18/h2-11,20H,1,12-16H2/t20-,21-/m0/s1. The molecular weight excluding hydrogens is 303 g/mol. The summed E-state index contributed by atoms with van der Waals surface area (Å²) in [6, 6.07) is 19.6. The molecule has 0 aliphatic heterocycles. The van der Waals surface area contributed by atoms with Crippen LogP contribution in [0.25, 0.3) is 0 Å². The zero-order valence-electron chi connectivity index (χ0n) is 13.8. The van der Waals surface area contributed by atoms with E-state index in [1.54, 1.807) is 0 Å². The second kappa shape index (κ2) is 7.73. The van der Waals surface area contributed by atoms with Gasteiger partial charge in [-0.15, -0.1) is 0 Å². The Bertz CT molecular complexity index is 656. The molecule has 2 atom stereocenters. The molecule has 24 heavy (non-hydrogen) atoms. The lowest BCUT2D eigenvalue weighted by molar-refractivity contribution is -0.0761. The highest BCUT2D eigenvalue weighted by Gasteiger charge is 2.47. The third-order valence-corrected chi connectivity index (χ3v) is 4.52. The van der Waals surface area contributed by atoms with E-state index >= 15 is 4.39 Å². The minimum atomic E-state index is -1.61. The molecule has 1 aliphatic rings. The quantitative estimate of drug-likeness (QED) is 0.677. The van der Waals surface area contributed by atoms with E-state index in [1.165, 1.54) is 0 Å². The van der Waals surface area contributed by atoms with Crippen LogP contribution >= 0.6 is 0 Å². The first-order valence-electron chi connectivity index (χ1n) is 8.33. The van der Waals surface area contributed by atoms with Gasteiger partial charge in [-0.05, 0) is 29.5 Å². The molecule has 0 saturated heterocycles. The van der Waals surface area contributed by atoms with Crippen molar-refractivity contribution in [2.45, 2.75) is 37.8 Å². The second-order valence-corrected chi connectivity index (χ2v) is 6.27. The molecule has 0 N–H and O–H groups in total. The maximum atomic E-state index is 15.4. The first-order chi connectivity index (χ1) is 11.7. The van der Waals surface area contributed by atoms with Gasteiger partial charge in [0, 0.05) is 0 Å². The van der Waals surface area contributed by atoms with E-state index < -0.39 is 11.8 Å². The Kier molecular flexibility index (Phi) is 5.44. The van der Waals surface area contributed by atoms with Crippen LogP contribution in [0.4, 0.5) is 4.39 Å². The Balaban J connectivity index is 1.56. The van der Waals surface area contributed by atoms with Crippen molar-refractivity contribution in [3.63, 3.8) is 0 Å². The lowest BCUT2D eigenvalue weighted by atomic mass is 9.99. The third kappa shape index (κ3) is 3.92. The minimum Gasteiger partial charge on any atom is -0.373 e. The third-order valence-electron chi connectivity index (χ3n) is 4.52. The van der Waals surface area contributed by atoms with Crippen molar-refractivity contribution in [3.05, 3.63) is 83.9 Å². The zero-order chi connectivity index (χ0) is 16.8. The molecule has 0 amide bonds. The Hall–Kier alpha value is -1.97. The van der Waals surface area contributed by atoms with Crippen LogP contribution in [0.3, 0.4) is 0 Å². The fourth-order valence-corrected chi connectivity index (χ4v) is 3.04. The molecule has 1 saturated carbocycles. The number of alkyl halides is 1. The number of benzene rings is 2. The normalized spacial score (nSPS) is 23.5. The SMILES string of the molecule is C=C1CC[C@H](OCc2ccccc2)[C@]1(F)COCc1ccccc1. The van der Waals surface area contributed by atoms with E-state index in [9.17, 15) is 0 Å². The maximum absolute atomic E-state index is 15.4. The molecule has 2 aromatic rings. The molecule has 0 unspecified atom stereocenters. The van der Waals surface area contributed by atoms with Gasteiger partial charge in [-0.1, -0.05) is 67.2 Å². The average Bonchev–Trinajstić information content (AvgIpc) is 2.90. The van der Waals surface area contributed by atoms with Gasteiger partial charge in [0.25, 0.3) is 0 Å². The zero-order valence-corrected chi connectivity index (χ0v) is 13.8.